The van der Waals surface area contributed by atoms with Gasteiger partial charge in [0.25, 0.3) is 5.56 Å². The molecule has 1 aliphatic rings. The van der Waals surface area contributed by atoms with Crippen molar-refractivity contribution in [3.63, 3.8) is 0 Å². The lowest BCUT2D eigenvalue weighted by Gasteiger charge is -2.09. The zero-order valence-electron chi connectivity index (χ0n) is 14.6. The summed E-state index contributed by atoms with van der Waals surface area (Å²) in [6.45, 7) is 2.82. The van der Waals surface area contributed by atoms with E-state index in [1.165, 1.54) is 51.4 Å². The quantitative estimate of drug-likeness (QED) is 0.603. The summed E-state index contributed by atoms with van der Waals surface area (Å²) in [5, 5.41) is 0.373. The second-order valence-electron chi connectivity index (χ2n) is 6.56. The van der Waals surface area contributed by atoms with Crippen LogP contribution in [0.1, 0.15) is 76.7 Å². The summed E-state index contributed by atoms with van der Waals surface area (Å²) in [7, 11) is 0. The van der Waals surface area contributed by atoms with Gasteiger partial charge in [-0.25, -0.2) is 9.79 Å². The molecule has 1 aromatic heterocycles. The van der Waals surface area contributed by atoms with Crippen LogP contribution in [0, 0.1) is 0 Å². The summed E-state index contributed by atoms with van der Waals surface area (Å²) in [6, 6.07) is 0. The fourth-order valence-corrected chi connectivity index (χ4v) is 3.37. The molecule has 2 heterocycles. The van der Waals surface area contributed by atoms with E-state index >= 15 is 0 Å². The Morgan fingerprint density at radius 1 is 1.00 bits per heavy atom. The summed E-state index contributed by atoms with van der Waals surface area (Å²) in [6.07, 6.45) is 12.8. The van der Waals surface area contributed by atoms with Crippen LogP contribution in [0.15, 0.2) is 14.6 Å². The fraction of sp³-hybridized carbons (Fsp3) is 0.722. The number of nitrogens with zero attached hydrogens (tertiary/aromatic N) is 2. The van der Waals surface area contributed by atoms with E-state index in [0.29, 0.717) is 29.5 Å². The predicted octanol–water partition coefficient (Wildman–Crippen LogP) is 4.28. The van der Waals surface area contributed by atoms with Crippen LogP contribution in [0.2, 0.25) is 0 Å². The first kappa shape index (κ1) is 19.0. The molecule has 0 fully saturated rings. The average Bonchev–Trinajstić information content (AvgIpc) is 2.94. The number of aromatic nitrogens is 2. The molecule has 0 unspecified atom stereocenters. The molecule has 1 aromatic rings. The molecule has 0 bridgehead atoms. The molecule has 0 saturated heterocycles. The minimum atomic E-state index is -0.384. The lowest BCUT2D eigenvalue weighted by molar-refractivity contribution is 0.527. The van der Waals surface area contributed by atoms with Crippen molar-refractivity contribution in [3.8, 4) is 0 Å². The predicted molar refractivity (Wildman–Crippen MR) is 99.8 cm³/mol. The molecule has 0 amide bonds. The molecule has 0 spiro atoms. The van der Waals surface area contributed by atoms with Crippen molar-refractivity contribution in [2.24, 2.45) is 4.99 Å². The number of aromatic amines is 1. The third-order valence-electron chi connectivity index (χ3n) is 4.55. The van der Waals surface area contributed by atoms with E-state index in [4.69, 9.17) is 11.6 Å². The molecule has 6 heteroatoms. The Labute approximate surface area is 148 Å². The topological polar surface area (TPSA) is 67.2 Å². The van der Waals surface area contributed by atoms with Crippen LogP contribution in [0.5, 0.6) is 0 Å². The van der Waals surface area contributed by atoms with E-state index in [9.17, 15) is 9.59 Å². The Morgan fingerprint density at radius 2 is 1.58 bits per heavy atom. The van der Waals surface area contributed by atoms with Crippen molar-refractivity contribution >= 4 is 22.6 Å². The Hall–Kier alpha value is -1.36. The molecular weight excluding hydrogens is 326 g/mol. The first-order valence-corrected chi connectivity index (χ1v) is 9.60. The highest BCUT2D eigenvalue weighted by atomic mass is 35.5. The highest BCUT2D eigenvalue weighted by Crippen LogP contribution is 2.23. The molecule has 0 radical (unpaired) electrons. The number of rotatable bonds is 11. The first-order valence-electron chi connectivity index (χ1n) is 9.22. The van der Waals surface area contributed by atoms with Gasteiger partial charge in [0.2, 0.25) is 0 Å². The van der Waals surface area contributed by atoms with Gasteiger partial charge in [-0.05, 0) is 6.42 Å². The van der Waals surface area contributed by atoms with E-state index in [0.717, 1.165) is 12.8 Å². The number of aliphatic imine (C=N–C) groups is 1. The summed E-state index contributed by atoms with van der Waals surface area (Å²) in [4.78, 5) is 30.3. The molecule has 0 atom stereocenters. The number of unbranched alkanes of at least 4 members (excludes halogenated alkanes) is 9. The van der Waals surface area contributed by atoms with Crippen LogP contribution < -0.4 is 11.2 Å². The van der Waals surface area contributed by atoms with E-state index in [1.54, 1.807) is 4.57 Å². The van der Waals surface area contributed by atoms with E-state index in [2.05, 4.69) is 16.9 Å². The van der Waals surface area contributed by atoms with Gasteiger partial charge in [-0.1, -0.05) is 76.3 Å². The van der Waals surface area contributed by atoms with E-state index in [1.807, 2.05) is 0 Å². The Bertz CT molecular complexity index is 676. The number of H-pyrrole nitrogens is 1. The van der Waals surface area contributed by atoms with Crippen LogP contribution >= 0.6 is 11.6 Å². The van der Waals surface area contributed by atoms with Crippen molar-refractivity contribution in [1.29, 1.82) is 0 Å². The summed E-state index contributed by atoms with van der Waals surface area (Å²) >= 11 is 5.92. The summed E-state index contributed by atoms with van der Waals surface area (Å²) in [5.74, 6) is 0.449. The normalized spacial score (nSPS) is 13.2. The number of hydrogen-bond acceptors (Lipinski definition) is 3. The third-order valence-corrected chi connectivity index (χ3v) is 4.77. The van der Waals surface area contributed by atoms with E-state index < -0.39 is 0 Å². The van der Waals surface area contributed by atoms with Crippen molar-refractivity contribution < 1.29 is 0 Å². The van der Waals surface area contributed by atoms with Crippen LogP contribution in [0.4, 0.5) is 5.82 Å². The van der Waals surface area contributed by atoms with Gasteiger partial charge in [0.1, 0.15) is 11.0 Å². The van der Waals surface area contributed by atoms with Crippen LogP contribution in [-0.2, 0) is 13.0 Å². The first-order chi connectivity index (χ1) is 11.6. The Morgan fingerprint density at radius 3 is 2.21 bits per heavy atom. The zero-order chi connectivity index (χ0) is 17.4. The minimum absolute atomic E-state index is 0.324. The number of fused-ring (bicyclic) bond motifs is 1. The summed E-state index contributed by atoms with van der Waals surface area (Å²) in [5.41, 5.74) is -0.245. The standard InChI is InChI=1S/C18H28ClN3O2/c1-2-3-4-5-6-7-8-9-10-11-12-22-16-14(13-15(19)20-16)17(23)21-18(22)24/h2-13H2,1H3,(H,21,23,24). The van der Waals surface area contributed by atoms with Gasteiger partial charge in [0.05, 0.1) is 5.56 Å². The maximum Gasteiger partial charge on any atom is 0.329 e. The number of nitrogens with one attached hydrogen (secondary N) is 1. The molecule has 1 aliphatic heterocycles. The Kier molecular flexibility index (Phi) is 7.76. The van der Waals surface area contributed by atoms with Crippen molar-refractivity contribution in [1.82, 2.24) is 9.55 Å². The second kappa shape index (κ2) is 9.82. The molecule has 2 rings (SSSR count). The maximum atomic E-state index is 12.0. The van der Waals surface area contributed by atoms with Gasteiger partial charge in [-0.2, -0.15) is 0 Å². The smallest absolute Gasteiger partial charge is 0.278 e. The minimum Gasteiger partial charge on any atom is -0.278 e. The van der Waals surface area contributed by atoms with Crippen molar-refractivity contribution in [3.05, 3.63) is 26.4 Å². The highest BCUT2D eigenvalue weighted by Gasteiger charge is 2.21. The van der Waals surface area contributed by atoms with Gasteiger partial charge in [-0.3, -0.25) is 14.3 Å². The van der Waals surface area contributed by atoms with Crippen LogP contribution in [0.25, 0.3) is 0 Å². The monoisotopic (exact) mass is 353 g/mol. The maximum absolute atomic E-state index is 12.0. The third kappa shape index (κ3) is 5.33. The van der Waals surface area contributed by atoms with Gasteiger partial charge in [0.15, 0.2) is 0 Å². The van der Waals surface area contributed by atoms with Gasteiger partial charge in [0, 0.05) is 13.0 Å². The molecule has 1 N–H and O–H groups in total. The van der Waals surface area contributed by atoms with Crippen LogP contribution in [-0.4, -0.2) is 14.7 Å². The van der Waals surface area contributed by atoms with Gasteiger partial charge in [-0.15, -0.1) is 0 Å². The molecule has 5 nitrogen and oxygen atoms in total. The average molecular weight is 354 g/mol. The molecule has 0 aliphatic carbocycles. The largest absolute Gasteiger partial charge is 0.329 e. The number of hydrogen-bond donors (Lipinski definition) is 1. The molecule has 24 heavy (non-hydrogen) atoms. The van der Waals surface area contributed by atoms with E-state index in [-0.39, 0.29) is 11.2 Å². The van der Waals surface area contributed by atoms with Crippen molar-refractivity contribution in [2.75, 3.05) is 0 Å². The van der Waals surface area contributed by atoms with Crippen molar-refractivity contribution in [2.45, 2.75) is 84.1 Å². The van der Waals surface area contributed by atoms with Crippen LogP contribution in [0.3, 0.4) is 0 Å². The summed E-state index contributed by atoms with van der Waals surface area (Å²) < 4.78 is 1.55. The molecular formula is C18H28ClN3O2. The highest BCUT2D eigenvalue weighted by molar-refractivity contribution is 6.66. The van der Waals surface area contributed by atoms with Gasteiger partial charge < -0.3 is 0 Å². The lowest BCUT2D eigenvalue weighted by atomic mass is 10.1. The SMILES string of the molecule is CCCCCCCCCCCCn1c2c(c(=O)[nH]c1=O)CC(Cl)=N2. The molecule has 134 valence electrons. The number of halogens is 1. The lowest BCUT2D eigenvalue weighted by Crippen LogP contribution is -2.31. The zero-order valence-corrected chi connectivity index (χ0v) is 15.3. The Balaban J connectivity index is 1.71. The van der Waals surface area contributed by atoms with Gasteiger partial charge >= 0.3 is 5.69 Å². The fourth-order valence-electron chi connectivity index (χ4n) is 3.15. The molecule has 0 saturated carbocycles. The second-order valence-corrected chi connectivity index (χ2v) is 7.00. The molecule has 0 aromatic carbocycles.